The van der Waals surface area contributed by atoms with Crippen LogP contribution >= 0.6 is 0 Å². The molecule has 0 N–H and O–H groups in total. The second-order valence-corrected chi connectivity index (χ2v) is 5.23. The van der Waals surface area contributed by atoms with Crippen LogP contribution in [0.5, 0.6) is 0 Å². The van der Waals surface area contributed by atoms with Gasteiger partial charge in [-0.05, 0) is 18.1 Å². The molecule has 0 radical (unpaired) electrons. The molecule has 1 aromatic carbocycles. The van der Waals surface area contributed by atoms with Gasteiger partial charge < -0.3 is 4.90 Å². The number of hydrogen-bond acceptors (Lipinski definition) is 2. The average molecular weight is 325 g/mol. The van der Waals surface area contributed by atoms with Gasteiger partial charge in [-0.2, -0.15) is 18.3 Å². The molecule has 2 aromatic rings. The predicted molar refractivity (Wildman–Crippen MR) is 79.5 cm³/mol. The summed E-state index contributed by atoms with van der Waals surface area (Å²) in [6, 6.07) is 7.29. The normalized spacial score (nSPS) is 12.9. The van der Waals surface area contributed by atoms with Crippen LogP contribution in [0.3, 0.4) is 0 Å². The average Bonchev–Trinajstić information content (AvgIpc) is 3.00. The molecule has 2 rings (SSSR count). The third kappa shape index (κ3) is 4.58. The van der Waals surface area contributed by atoms with Crippen LogP contribution in [0.25, 0.3) is 0 Å². The van der Waals surface area contributed by atoms with E-state index in [0.29, 0.717) is 13.0 Å². The molecule has 23 heavy (non-hydrogen) atoms. The second kappa shape index (κ2) is 7.30. The predicted octanol–water partition coefficient (Wildman–Crippen LogP) is 3.43. The number of rotatable bonds is 6. The number of carbonyl (C=O) groups is 1. The maximum atomic E-state index is 13.4. The Morgan fingerprint density at radius 2 is 1.96 bits per heavy atom. The Morgan fingerprint density at radius 3 is 2.52 bits per heavy atom. The van der Waals surface area contributed by atoms with Crippen molar-refractivity contribution in [1.29, 1.82) is 0 Å². The lowest BCUT2D eigenvalue weighted by Gasteiger charge is -2.30. The Labute approximate surface area is 132 Å². The first-order valence-electron chi connectivity index (χ1n) is 7.24. The van der Waals surface area contributed by atoms with Crippen LogP contribution < -0.4 is 0 Å². The van der Waals surface area contributed by atoms with Gasteiger partial charge in [0.05, 0.1) is 0 Å². The summed E-state index contributed by atoms with van der Waals surface area (Å²) in [4.78, 5) is 12.9. The highest BCUT2D eigenvalue weighted by Crippen LogP contribution is 2.37. The molecular weight excluding hydrogens is 307 g/mol. The number of nitrogens with zero attached hydrogens (tertiary/aromatic N) is 3. The highest BCUT2D eigenvalue weighted by molar-refractivity contribution is 5.76. The summed E-state index contributed by atoms with van der Waals surface area (Å²) in [7, 11) is 1.20. The van der Waals surface area contributed by atoms with E-state index in [1.54, 1.807) is 29.2 Å². The number of alkyl halides is 3. The van der Waals surface area contributed by atoms with Crippen molar-refractivity contribution in [2.24, 2.45) is 0 Å². The molecule has 0 aliphatic carbocycles. The van der Waals surface area contributed by atoms with E-state index in [2.05, 4.69) is 5.10 Å². The number of hydrogen-bond donors (Lipinski definition) is 0. The fraction of sp³-hybridized carbons (Fsp3) is 0.375. The molecule has 7 heteroatoms. The number of benzene rings is 1. The van der Waals surface area contributed by atoms with E-state index in [1.165, 1.54) is 31.3 Å². The minimum absolute atomic E-state index is 0.0375. The van der Waals surface area contributed by atoms with Crippen LogP contribution in [0, 0.1) is 0 Å². The summed E-state index contributed by atoms with van der Waals surface area (Å²) in [5.41, 5.74) is 0.0583. The molecule has 124 valence electrons. The first-order chi connectivity index (χ1) is 10.9. The molecule has 1 unspecified atom stereocenters. The SMILES string of the molecule is CN(C(=O)CCCn1cccn1)C(c1ccccc1)C(F)(F)F. The van der Waals surface area contributed by atoms with E-state index in [1.807, 2.05) is 0 Å². The molecule has 1 atom stereocenters. The van der Waals surface area contributed by atoms with Gasteiger partial charge in [-0.1, -0.05) is 30.3 Å². The number of aromatic nitrogens is 2. The lowest BCUT2D eigenvalue weighted by molar-refractivity contribution is -0.188. The number of aryl methyl sites for hydroxylation is 1. The maximum Gasteiger partial charge on any atom is 0.413 e. The van der Waals surface area contributed by atoms with E-state index in [-0.39, 0.29) is 12.0 Å². The molecule has 0 saturated heterocycles. The zero-order valence-electron chi connectivity index (χ0n) is 12.7. The molecule has 0 bridgehead atoms. The summed E-state index contributed by atoms with van der Waals surface area (Å²) in [6.07, 6.45) is -0.687. The largest absolute Gasteiger partial charge is 0.413 e. The van der Waals surface area contributed by atoms with E-state index in [0.717, 1.165) is 4.90 Å². The molecule has 0 aliphatic heterocycles. The van der Waals surface area contributed by atoms with Gasteiger partial charge in [-0.3, -0.25) is 9.48 Å². The molecule has 4 nitrogen and oxygen atoms in total. The van der Waals surface area contributed by atoms with Crippen LogP contribution in [0.2, 0.25) is 0 Å². The van der Waals surface area contributed by atoms with Crippen molar-refractivity contribution in [3.05, 3.63) is 54.4 Å². The van der Waals surface area contributed by atoms with Gasteiger partial charge in [0.15, 0.2) is 6.04 Å². The quantitative estimate of drug-likeness (QED) is 0.816. The summed E-state index contributed by atoms with van der Waals surface area (Å²) in [5.74, 6) is -0.539. The number of carbonyl (C=O) groups excluding carboxylic acids is 1. The fourth-order valence-corrected chi connectivity index (χ4v) is 2.41. The van der Waals surface area contributed by atoms with E-state index in [9.17, 15) is 18.0 Å². The first kappa shape index (κ1) is 17.1. The lowest BCUT2D eigenvalue weighted by Crippen LogP contribution is -2.39. The monoisotopic (exact) mass is 325 g/mol. The Morgan fingerprint density at radius 1 is 1.26 bits per heavy atom. The topological polar surface area (TPSA) is 38.1 Å². The van der Waals surface area contributed by atoms with E-state index in [4.69, 9.17) is 0 Å². The van der Waals surface area contributed by atoms with Gasteiger partial charge in [0.1, 0.15) is 0 Å². The van der Waals surface area contributed by atoms with Crippen LogP contribution in [0.1, 0.15) is 24.4 Å². The van der Waals surface area contributed by atoms with Crippen LogP contribution in [-0.4, -0.2) is 33.8 Å². The number of amides is 1. The van der Waals surface area contributed by atoms with Crippen molar-refractivity contribution in [3.8, 4) is 0 Å². The van der Waals surface area contributed by atoms with Crippen LogP contribution in [0.4, 0.5) is 13.2 Å². The second-order valence-electron chi connectivity index (χ2n) is 5.23. The van der Waals surface area contributed by atoms with Crippen molar-refractivity contribution < 1.29 is 18.0 Å². The van der Waals surface area contributed by atoms with Gasteiger partial charge in [-0.15, -0.1) is 0 Å². The van der Waals surface area contributed by atoms with Gasteiger partial charge >= 0.3 is 6.18 Å². The molecule has 1 aromatic heterocycles. The zero-order valence-corrected chi connectivity index (χ0v) is 12.7. The highest BCUT2D eigenvalue weighted by atomic mass is 19.4. The Kier molecular flexibility index (Phi) is 5.41. The Hall–Kier alpha value is -2.31. The zero-order chi connectivity index (χ0) is 16.9. The minimum atomic E-state index is -4.52. The highest BCUT2D eigenvalue weighted by Gasteiger charge is 2.44. The summed E-state index contributed by atoms with van der Waals surface area (Å²) >= 11 is 0. The lowest BCUT2D eigenvalue weighted by atomic mass is 10.0. The van der Waals surface area contributed by atoms with Crippen molar-refractivity contribution >= 4 is 5.91 Å². The van der Waals surface area contributed by atoms with E-state index < -0.39 is 18.1 Å². The Bertz CT molecular complexity index is 611. The molecule has 0 saturated carbocycles. The van der Waals surface area contributed by atoms with Gasteiger partial charge in [-0.25, -0.2) is 0 Å². The van der Waals surface area contributed by atoms with Crippen molar-refractivity contribution in [3.63, 3.8) is 0 Å². The summed E-state index contributed by atoms with van der Waals surface area (Å²) < 4.78 is 41.7. The minimum Gasteiger partial charge on any atom is -0.330 e. The molecular formula is C16H18F3N3O. The molecule has 0 aliphatic rings. The third-order valence-electron chi connectivity index (χ3n) is 3.54. The van der Waals surface area contributed by atoms with Crippen LogP contribution in [0.15, 0.2) is 48.8 Å². The standard InChI is InChI=1S/C16H18F3N3O/c1-21(14(23)9-5-11-22-12-6-10-20-22)15(16(17,18)19)13-7-3-2-4-8-13/h2-4,6-8,10,12,15H,5,9,11H2,1H3. The van der Waals surface area contributed by atoms with Gasteiger partial charge in [0.25, 0.3) is 0 Å². The molecule has 0 fully saturated rings. The van der Waals surface area contributed by atoms with Crippen molar-refractivity contribution in [2.75, 3.05) is 7.05 Å². The Balaban J connectivity index is 2.02. The maximum absolute atomic E-state index is 13.4. The summed E-state index contributed by atoms with van der Waals surface area (Å²) in [5, 5.41) is 3.99. The molecule has 1 amide bonds. The van der Waals surface area contributed by atoms with Crippen LogP contribution in [-0.2, 0) is 11.3 Å². The van der Waals surface area contributed by atoms with Crippen molar-refractivity contribution in [2.45, 2.75) is 31.6 Å². The fourth-order valence-electron chi connectivity index (χ4n) is 2.41. The first-order valence-corrected chi connectivity index (χ1v) is 7.24. The third-order valence-corrected chi connectivity index (χ3v) is 3.54. The molecule has 1 heterocycles. The summed E-state index contributed by atoms with van der Waals surface area (Å²) in [6.45, 7) is 0.495. The van der Waals surface area contributed by atoms with Gasteiger partial charge in [0, 0.05) is 32.4 Å². The smallest absolute Gasteiger partial charge is 0.330 e. The van der Waals surface area contributed by atoms with Crippen molar-refractivity contribution in [1.82, 2.24) is 14.7 Å². The molecule has 0 spiro atoms. The van der Waals surface area contributed by atoms with E-state index >= 15 is 0 Å². The van der Waals surface area contributed by atoms with Gasteiger partial charge in [0.2, 0.25) is 5.91 Å². The number of halogens is 3.